The molecule has 1 aliphatic heterocycles. The van der Waals surface area contributed by atoms with Gasteiger partial charge in [-0.15, -0.1) is 10.2 Å². The van der Waals surface area contributed by atoms with Crippen LogP contribution in [0.15, 0.2) is 4.52 Å². The molecule has 0 aliphatic carbocycles. The van der Waals surface area contributed by atoms with Crippen LogP contribution in [-0.4, -0.2) is 51.3 Å². The first-order valence-corrected chi connectivity index (χ1v) is 9.09. The lowest BCUT2D eigenvalue weighted by molar-refractivity contribution is -0.117. The Labute approximate surface area is 149 Å². The molecule has 0 bridgehead atoms. The third-order valence-corrected chi connectivity index (χ3v) is 4.64. The second kappa shape index (κ2) is 7.98. The Morgan fingerprint density at radius 3 is 2.96 bits per heavy atom. The number of hydrogen-bond donors (Lipinski definition) is 1. The summed E-state index contributed by atoms with van der Waals surface area (Å²) < 4.78 is 10.8. The van der Waals surface area contributed by atoms with Gasteiger partial charge >= 0.3 is 0 Å². The van der Waals surface area contributed by atoms with E-state index in [4.69, 9.17) is 9.26 Å². The Hall–Kier alpha value is -1.91. The predicted molar refractivity (Wildman–Crippen MR) is 91.2 cm³/mol. The first-order chi connectivity index (χ1) is 12.0. The number of carbonyl (C=O) groups excluding carboxylic acids is 1. The quantitative estimate of drug-likeness (QED) is 0.793. The van der Waals surface area contributed by atoms with Crippen LogP contribution in [0, 0.1) is 0 Å². The van der Waals surface area contributed by atoms with Gasteiger partial charge in [0.2, 0.25) is 16.9 Å². The SMILES string of the molecule is CC(C)c1noc(CN(C)CC(=O)Nc2nnc([C@H]3CCCO3)s2)n1. The molecular formula is C15H22N6O3S. The van der Waals surface area contributed by atoms with E-state index in [1.807, 2.05) is 20.9 Å². The van der Waals surface area contributed by atoms with Crippen LogP contribution in [0.1, 0.15) is 55.4 Å². The Balaban J connectivity index is 1.48. The van der Waals surface area contributed by atoms with Gasteiger partial charge in [-0.1, -0.05) is 30.3 Å². The second-order valence-corrected chi connectivity index (χ2v) is 7.38. The molecule has 2 aromatic rings. The third kappa shape index (κ3) is 4.80. The summed E-state index contributed by atoms with van der Waals surface area (Å²) in [4.78, 5) is 18.2. The van der Waals surface area contributed by atoms with Gasteiger partial charge in [0.15, 0.2) is 5.82 Å². The van der Waals surface area contributed by atoms with Crippen LogP contribution < -0.4 is 5.32 Å². The lowest BCUT2D eigenvalue weighted by Crippen LogP contribution is -2.29. The molecule has 3 heterocycles. The number of nitrogens with one attached hydrogen (secondary N) is 1. The number of anilines is 1. The smallest absolute Gasteiger partial charge is 0.240 e. The Morgan fingerprint density at radius 1 is 1.44 bits per heavy atom. The molecule has 1 aliphatic rings. The van der Waals surface area contributed by atoms with Crippen LogP contribution in [-0.2, 0) is 16.1 Å². The average Bonchev–Trinajstić information content (AvgIpc) is 3.27. The van der Waals surface area contributed by atoms with E-state index in [2.05, 4.69) is 25.7 Å². The highest BCUT2D eigenvalue weighted by Gasteiger charge is 2.22. The van der Waals surface area contributed by atoms with Crippen molar-refractivity contribution in [1.82, 2.24) is 25.2 Å². The molecule has 0 saturated carbocycles. The highest BCUT2D eigenvalue weighted by molar-refractivity contribution is 7.15. The molecule has 10 heteroatoms. The minimum absolute atomic E-state index is 0.0125. The van der Waals surface area contributed by atoms with Crippen molar-refractivity contribution < 1.29 is 14.1 Å². The normalized spacial score (nSPS) is 17.6. The molecule has 136 valence electrons. The summed E-state index contributed by atoms with van der Waals surface area (Å²) >= 11 is 1.36. The maximum absolute atomic E-state index is 12.1. The predicted octanol–water partition coefficient (Wildman–Crippen LogP) is 1.97. The van der Waals surface area contributed by atoms with Crippen molar-refractivity contribution in [3.8, 4) is 0 Å². The van der Waals surface area contributed by atoms with Crippen molar-refractivity contribution in [2.75, 3.05) is 25.5 Å². The van der Waals surface area contributed by atoms with Gasteiger partial charge in [0.1, 0.15) is 11.1 Å². The number of likely N-dealkylation sites (N-methyl/N-ethyl adjacent to an activating group) is 1. The lowest BCUT2D eigenvalue weighted by atomic mass is 10.2. The van der Waals surface area contributed by atoms with Crippen LogP contribution in [0.25, 0.3) is 0 Å². The molecule has 1 N–H and O–H groups in total. The fourth-order valence-corrected chi connectivity index (χ4v) is 3.29. The zero-order valence-electron chi connectivity index (χ0n) is 14.6. The van der Waals surface area contributed by atoms with Crippen molar-refractivity contribution in [1.29, 1.82) is 0 Å². The van der Waals surface area contributed by atoms with Gasteiger partial charge in [0.05, 0.1) is 13.1 Å². The highest BCUT2D eigenvalue weighted by atomic mass is 32.1. The van der Waals surface area contributed by atoms with Crippen LogP contribution in [0.5, 0.6) is 0 Å². The molecule has 1 saturated heterocycles. The number of carbonyl (C=O) groups is 1. The topological polar surface area (TPSA) is 106 Å². The van der Waals surface area contributed by atoms with Crippen molar-refractivity contribution in [3.05, 3.63) is 16.7 Å². The summed E-state index contributed by atoms with van der Waals surface area (Å²) in [5.41, 5.74) is 0. The van der Waals surface area contributed by atoms with Crippen molar-refractivity contribution in [3.63, 3.8) is 0 Å². The minimum Gasteiger partial charge on any atom is -0.371 e. The molecule has 1 amide bonds. The van der Waals surface area contributed by atoms with Crippen molar-refractivity contribution in [2.45, 2.75) is 45.3 Å². The number of rotatable bonds is 7. The fraction of sp³-hybridized carbons (Fsp3) is 0.667. The number of hydrogen-bond acceptors (Lipinski definition) is 9. The van der Waals surface area contributed by atoms with Gasteiger partial charge < -0.3 is 9.26 Å². The van der Waals surface area contributed by atoms with Crippen LogP contribution in [0.4, 0.5) is 5.13 Å². The fourth-order valence-electron chi connectivity index (χ4n) is 2.45. The lowest BCUT2D eigenvalue weighted by Gasteiger charge is -2.12. The van der Waals surface area contributed by atoms with E-state index in [1.54, 1.807) is 4.90 Å². The Kier molecular flexibility index (Phi) is 5.71. The molecular weight excluding hydrogens is 344 g/mol. The maximum atomic E-state index is 12.1. The Bertz CT molecular complexity index is 710. The summed E-state index contributed by atoms with van der Waals surface area (Å²) in [6, 6.07) is 0. The Morgan fingerprint density at radius 2 is 2.28 bits per heavy atom. The summed E-state index contributed by atoms with van der Waals surface area (Å²) in [5.74, 6) is 1.21. The van der Waals surface area contributed by atoms with Gasteiger partial charge in [-0.2, -0.15) is 4.98 Å². The van der Waals surface area contributed by atoms with Gasteiger partial charge in [0, 0.05) is 12.5 Å². The monoisotopic (exact) mass is 366 g/mol. The number of nitrogens with zero attached hydrogens (tertiary/aromatic N) is 5. The van der Waals surface area contributed by atoms with E-state index in [-0.39, 0.29) is 24.5 Å². The van der Waals surface area contributed by atoms with E-state index < -0.39 is 0 Å². The van der Waals surface area contributed by atoms with E-state index >= 15 is 0 Å². The number of amides is 1. The van der Waals surface area contributed by atoms with Gasteiger partial charge in [0.25, 0.3) is 0 Å². The largest absolute Gasteiger partial charge is 0.371 e. The van der Waals surface area contributed by atoms with E-state index in [9.17, 15) is 4.79 Å². The van der Waals surface area contributed by atoms with Crippen molar-refractivity contribution in [2.24, 2.45) is 0 Å². The molecule has 2 aromatic heterocycles. The zero-order chi connectivity index (χ0) is 17.8. The molecule has 9 nitrogen and oxygen atoms in total. The molecule has 1 atom stereocenters. The summed E-state index contributed by atoms with van der Waals surface area (Å²) in [7, 11) is 1.82. The standard InChI is InChI=1S/C15H22N6O3S/c1-9(2)13-17-12(24-20-13)8-21(3)7-11(22)16-15-19-18-14(25-15)10-5-4-6-23-10/h9-10H,4-8H2,1-3H3,(H,16,19,22)/t10-/m1/s1. The van der Waals surface area contributed by atoms with Crippen LogP contribution >= 0.6 is 11.3 Å². The molecule has 25 heavy (non-hydrogen) atoms. The van der Waals surface area contributed by atoms with Crippen LogP contribution in [0.2, 0.25) is 0 Å². The molecule has 0 radical (unpaired) electrons. The molecule has 0 unspecified atom stereocenters. The van der Waals surface area contributed by atoms with E-state index in [0.717, 1.165) is 24.5 Å². The summed E-state index contributed by atoms with van der Waals surface area (Å²) in [5, 5.41) is 16.1. The third-order valence-electron chi connectivity index (χ3n) is 3.71. The zero-order valence-corrected chi connectivity index (χ0v) is 15.4. The number of aromatic nitrogens is 4. The minimum atomic E-state index is -0.166. The summed E-state index contributed by atoms with van der Waals surface area (Å²) in [6.07, 6.45) is 2.00. The summed E-state index contributed by atoms with van der Waals surface area (Å²) in [6.45, 7) is 5.35. The maximum Gasteiger partial charge on any atom is 0.240 e. The van der Waals surface area contributed by atoms with Gasteiger partial charge in [-0.05, 0) is 19.9 Å². The first kappa shape index (κ1) is 17.9. The van der Waals surface area contributed by atoms with E-state index in [1.165, 1.54) is 11.3 Å². The van der Waals surface area contributed by atoms with Gasteiger partial charge in [-0.25, -0.2) is 0 Å². The molecule has 0 aromatic carbocycles. The molecule has 0 spiro atoms. The average molecular weight is 366 g/mol. The first-order valence-electron chi connectivity index (χ1n) is 8.27. The highest BCUT2D eigenvalue weighted by Crippen LogP contribution is 2.31. The van der Waals surface area contributed by atoms with Gasteiger partial charge in [-0.3, -0.25) is 15.0 Å². The molecule has 1 fully saturated rings. The second-order valence-electron chi connectivity index (χ2n) is 6.37. The molecule has 3 rings (SSSR count). The van der Waals surface area contributed by atoms with E-state index in [0.29, 0.717) is 23.4 Å². The van der Waals surface area contributed by atoms with Crippen molar-refractivity contribution >= 4 is 22.4 Å². The number of ether oxygens (including phenoxy) is 1. The van der Waals surface area contributed by atoms with Crippen LogP contribution in [0.3, 0.4) is 0 Å².